The van der Waals surface area contributed by atoms with Crippen LogP contribution in [0.2, 0.25) is 0 Å². The smallest absolute Gasteiger partial charge is 0.125 e. The number of ether oxygens (including phenoxy) is 1. The summed E-state index contributed by atoms with van der Waals surface area (Å²) < 4.78 is 5.29. The maximum atomic E-state index is 5.29. The first-order valence-electron chi connectivity index (χ1n) is 5.31. The molecule has 1 aromatic rings. The zero-order valence-electron chi connectivity index (χ0n) is 8.78. The van der Waals surface area contributed by atoms with Crippen molar-refractivity contribution in [3.63, 3.8) is 0 Å². The molecule has 0 aliphatic carbocycles. The molecule has 1 fully saturated rings. The van der Waals surface area contributed by atoms with Gasteiger partial charge in [-0.1, -0.05) is 0 Å². The van der Waals surface area contributed by atoms with Crippen molar-refractivity contribution in [3.05, 3.63) is 24.4 Å². The summed E-state index contributed by atoms with van der Waals surface area (Å²) in [4.78, 5) is 6.55. The summed E-state index contributed by atoms with van der Waals surface area (Å²) in [6, 6.07) is 6.69. The Labute approximate surface area is 90.3 Å². The van der Waals surface area contributed by atoms with Gasteiger partial charge in [0.05, 0.1) is 13.2 Å². The lowest BCUT2D eigenvalue weighted by molar-refractivity contribution is 0.0398. The molecule has 2 rings (SSSR count). The quantitative estimate of drug-likeness (QED) is 0.784. The third-order valence-corrected chi connectivity index (χ3v) is 2.45. The molecule has 0 unspecified atom stereocenters. The fourth-order valence-corrected chi connectivity index (χ4v) is 1.59. The number of hydrogen-bond acceptors (Lipinski definition) is 4. The number of hydrogen-bond donors (Lipinski definition) is 1. The lowest BCUT2D eigenvalue weighted by atomic mass is 10.4. The Bertz CT molecular complexity index is 272. The topological polar surface area (TPSA) is 37.4 Å². The van der Waals surface area contributed by atoms with Crippen LogP contribution in [0, 0.1) is 6.07 Å². The largest absolute Gasteiger partial charge is 0.379 e. The molecule has 1 radical (unpaired) electrons. The summed E-state index contributed by atoms with van der Waals surface area (Å²) in [5, 5.41) is 3.28. The van der Waals surface area contributed by atoms with Gasteiger partial charge in [-0.05, 0) is 12.1 Å². The van der Waals surface area contributed by atoms with Crippen LogP contribution in [-0.4, -0.2) is 49.3 Å². The summed E-state index contributed by atoms with van der Waals surface area (Å²) in [6.07, 6.45) is 1.68. The molecule has 0 aromatic carbocycles. The van der Waals surface area contributed by atoms with E-state index in [9.17, 15) is 0 Å². The minimum atomic E-state index is 0.860. The van der Waals surface area contributed by atoms with Crippen molar-refractivity contribution in [2.24, 2.45) is 0 Å². The highest BCUT2D eigenvalue weighted by Gasteiger charge is 2.08. The molecule has 1 saturated heterocycles. The van der Waals surface area contributed by atoms with E-state index in [1.54, 1.807) is 6.20 Å². The number of rotatable bonds is 4. The molecule has 15 heavy (non-hydrogen) atoms. The van der Waals surface area contributed by atoms with Crippen molar-refractivity contribution in [1.29, 1.82) is 0 Å². The van der Waals surface area contributed by atoms with Crippen molar-refractivity contribution in [1.82, 2.24) is 9.88 Å². The summed E-state index contributed by atoms with van der Waals surface area (Å²) in [5.74, 6) is 0.919. The van der Waals surface area contributed by atoms with Gasteiger partial charge in [-0.15, -0.1) is 0 Å². The Morgan fingerprint density at radius 3 is 3.07 bits per heavy atom. The molecule has 0 bridgehead atoms. The number of anilines is 1. The maximum Gasteiger partial charge on any atom is 0.125 e. The van der Waals surface area contributed by atoms with Gasteiger partial charge in [0.1, 0.15) is 5.82 Å². The number of aromatic nitrogens is 1. The molecular formula is C11H16N3O. The molecule has 0 spiro atoms. The normalized spacial score (nSPS) is 17.6. The van der Waals surface area contributed by atoms with Gasteiger partial charge in [0.2, 0.25) is 0 Å². The van der Waals surface area contributed by atoms with E-state index in [1.165, 1.54) is 0 Å². The predicted molar refractivity (Wildman–Crippen MR) is 58.8 cm³/mol. The highest BCUT2D eigenvalue weighted by molar-refractivity contribution is 5.32. The van der Waals surface area contributed by atoms with Crippen molar-refractivity contribution < 1.29 is 4.74 Å². The van der Waals surface area contributed by atoms with Gasteiger partial charge in [0.25, 0.3) is 0 Å². The minimum absolute atomic E-state index is 0.860. The van der Waals surface area contributed by atoms with Gasteiger partial charge < -0.3 is 10.1 Å². The van der Waals surface area contributed by atoms with Crippen molar-refractivity contribution in [2.45, 2.75) is 0 Å². The van der Waals surface area contributed by atoms with Crippen LogP contribution in [0.25, 0.3) is 0 Å². The SMILES string of the molecule is [c]1ccc(NCCN2CCOCC2)nc1. The van der Waals surface area contributed by atoms with Gasteiger partial charge >= 0.3 is 0 Å². The van der Waals surface area contributed by atoms with Crippen LogP contribution in [0.4, 0.5) is 5.82 Å². The Balaban J connectivity index is 1.66. The zero-order valence-corrected chi connectivity index (χ0v) is 8.78. The molecular weight excluding hydrogens is 190 g/mol. The average Bonchev–Trinajstić information content (AvgIpc) is 2.32. The first-order chi connectivity index (χ1) is 7.45. The maximum absolute atomic E-state index is 5.29. The van der Waals surface area contributed by atoms with Gasteiger partial charge in [-0.3, -0.25) is 4.90 Å². The average molecular weight is 206 g/mol. The molecule has 1 aliphatic heterocycles. The van der Waals surface area contributed by atoms with Crippen LogP contribution in [0.15, 0.2) is 18.3 Å². The lowest BCUT2D eigenvalue weighted by Gasteiger charge is -2.26. The van der Waals surface area contributed by atoms with E-state index in [2.05, 4.69) is 21.3 Å². The first kappa shape index (κ1) is 10.4. The Hall–Kier alpha value is -1.13. The van der Waals surface area contributed by atoms with Crippen LogP contribution in [-0.2, 0) is 4.74 Å². The number of nitrogens with one attached hydrogen (secondary N) is 1. The Kier molecular flexibility index (Phi) is 3.93. The minimum Gasteiger partial charge on any atom is -0.379 e. The molecule has 4 heteroatoms. The molecule has 4 nitrogen and oxygen atoms in total. The molecule has 0 saturated carbocycles. The fourth-order valence-electron chi connectivity index (χ4n) is 1.59. The second-order valence-corrected chi connectivity index (χ2v) is 3.52. The van der Waals surface area contributed by atoms with E-state index < -0.39 is 0 Å². The second kappa shape index (κ2) is 5.68. The fraction of sp³-hybridized carbons (Fsp3) is 0.545. The Morgan fingerprint density at radius 1 is 1.47 bits per heavy atom. The second-order valence-electron chi connectivity index (χ2n) is 3.52. The number of nitrogens with zero attached hydrogens (tertiary/aromatic N) is 2. The number of morpholine rings is 1. The zero-order chi connectivity index (χ0) is 10.3. The summed E-state index contributed by atoms with van der Waals surface area (Å²) in [7, 11) is 0. The molecule has 81 valence electrons. The monoisotopic (exact) mass is 206 g/mol. The van der Waals surface area contributed by atoms with Crippen molar-refractivity contribution in [3.8, 4) is 0 Å². The molecule has 0 amide bonds. The first-order valence-corrected chi connectivity index (χ1v) is 5.31. The van der Waals surface area contributed by atoms with Crippen LogP contribution < -0.4 is 5.32 Å². The third kappa shape index (κ3) is 3.49. The summed E-state index contributed by atoms with van der Waals surface area (Å²) in [6.45, 7) is 5.77. The van der Waals surface area contributed by atoms with Crippen LogP contribution >= 0.6 is 0 Å². The van der Waals surface area contributed by atoms with E-state index in [0.717, 1.165) is 45.2 Å². The van der Waals surface area contributed by atoms with Gasteiger partial charge in [0, 0.05) is 38.4 Å². The lowest BCUT2D eigenvalue weighted by Crippen LogP contribution is -2.39. The molecule has 1 aliphatic rings. The molecule has 1 N–H and O–H groups in total. The highest BCUT2D eigenvalue weighted by atomic mass is 16.5. The van der Waals surface area contributed by atoms with Crippen LogP contribution in [0.5, 0.6) is 0 Å². The van der Waals surface area contributed by atoms with E-state index in [0.29, 0.717) is 0 Å². The summed E-state index contributed by atoms with van der Waals surface area (Å²) in [5.41, 5.74) is 0. The van der Waals surface area contributed by atoms with E-state index >= 15 is 0 Å². The van der Waals surface area contributed by atoms with Gasteiger partial charge in [-0.25, -0.2) is 4.98 Å². The summed E-state index contributed by atoms with van der Waals surface area (Å²) >= 11 is 0. The molecule has 1 aromatic heterocycles. The highest BCUT2D eigenvalue weighted by Crippen LogP contribution is 2.00. The third-order valence-electron chi connectivity index (χ3n) is 2.45. The number of pyridine rings is 1. The van der Waals surface area contributed by atoms with Gasteiger partial charge in [0.15, 0.2) is 0 Å². The van der Waals surface area contributed by atoms with Gasteiger partial charge in [-0.2, -0.15) is 0 Å². The molecule has 0 atom stereocenters. The Morgan fingerprint density at radius 2 is 2.33 bits per heavy atom. The standard InChI is InChI=1S/C11H16N3O/c1-2-4-12-11(3-1)13-5-6-14-7-9-15-10-8-14/h1,3-4H,5-10H2,(H,12,13). The van der Waals surface area contributed by atoms with Crippen LogP contribution in [0.3, 0.4) is 0 Å². The van der Waals surface area contributed by atoms with Crippen molar-refractivity contribution >= 4 is 5.82 Å². The van der Waals surface area contributed by atoms with Crippen LogP contribution in [0.1, 0.15) is 0 Å². The van der Waals surface area contributed by atoms with E-state index in [4.69, 9.17) is 4.74 Å². The predicted octanol–water partition coefficient (Wildman–Crippen LogP) is 0.626. The van der Waals surface area contributed by atoms with E-state index in [-0.39, 0.29) is 0 Å². The molecule has 2 heterocycles. The van der Waals surface area contributed by atoms with Crippen molar-refractivity contribution in [2.75, 3.05) is 44.7 Å². The van der Waals surface area contributed by atoms with E-state index in [1.807, 2.05) is 12.1 Å².